The van der Waals surface area contributed by atoms with Gasteiger partial charge in [-0.1, -0.05) is 74.4 Å². The quantitative estimate of drug-likeness (QED) is 0.754. The van der Waals surface area contributed by atoms with Gasteiger partial charge >= 0.3 is 0 Å². The molecule has 5 atom stereocenters. The molecule has 5 heteroatoms. The van der Waals surface area contributed by atoms with E-state index in [2.05, 4.69) is 0 Å². The van der Waals surface area contributed by atoms with Gasteiger partial charge < -0.3 is 10.6 Å². The lowest BCUT2D eigenvalue weighted by atomic mass is 9.90. The highest BCUT2D eigenvalue weighted by atomic mass is 35.5. The first-order chi connectivity index (χ1) is 12.9. The Bertz CT molecular complexity index is 774. The molecule has 0 bridgehead atoms. The highest BCUT2D eigenvalue weighted by Gasteiger charge is 2.37. The molecule has 1 aliphatic carbocycles. The van der Waals surface area contributed by atoms with E-state index in [9.17, 15) is 9.18 Å². The van der Waals surface area contributed by atoms with E-state index in [0.717, 1.165) is 17.6 Å². The molecule has 27 heavy (non-hydrogen) atoms. The third-order valence-electron chi connectivity index (χ3n) is 5.58. The molecule has 0 radical (unpaired) electrons. The lowest BCUT2D eigenvalue weighted by molar-refractivity contribution is -0.134. The van der Waals surface area contributed by atoms with Gasteiger partial charge in [0.15, 0.2) is 0 Å². The van der Waals surface area contributed by atoms with Gasteiger partial charge in [0.25, 0.3) is 0 Å². The van der Waals surface area contributed by atoms with Gasteiger partial charge in [0, 0.05) is 17.5 Å². The molecule has 0 saturated heterocycles. The van der Waals surface area contributed by atoms with Crippen LogP contribution in [0, 0.1) is 11.8 Å². The number of nitrogens with zero attached hydrogens (tertiary/aromatic N) is 1. The van der Waals surface area contributed by atoms with E-state index in [1.807, 2.05) is 50.3 Å². The summed E-state index contributed by atoms with van der Waals surface area (Å²) in [5.74, 6) is -0.466. The van der Waals surface area contributed by atoms with Crippen LogP contribution < -0.4 is 5.73 Å². The zero-order chi connectivity index (χ0) is 19.6. The number of amides is 1. The van der Waals surface area contributed by atoms with Crippen LogP contribution in [0.2, 0.25) is 0 Å². The summed E-state index contributed by atoms with van der Waals surface area (Å²) in [5.41, 5.74) is 8.09. The average Bonchev–Trinajstić information content (AvgIpc) is 3.13. The maximum atomic E-state index is 14.5. The predicted molar refractivity (Wildman–Crippen MR) is 108 cm³/mol. The molecular weight excluding hydrogens is 363 g/mol. The van der Waals surface area contributed by atoms with Gasteiger partial charge in [-0.25, -0.2) is 4.39 Å². The average molecular weight is 389 g/mol. The van der Waals surface area contributed by atoms with Crippen LogP contribution in [-0.4, -0.2) is 29.6 Å². The number of halogens is 2. The Morgan fingerprint density at radius 1 is 1.33 bits per heavy atom. The van der Waals surface area contributed by atoms with Gasteiger partial charge in [0.1, 0.15) is 6.17 Å². The lowest BCUT2D eigenvalue weighted by Gasteiger charge is -2.30. The summed E-state index contributed by atoms with van der Waals surface area (Å²) in [6, 6.07) is 8.97. The van der Waals surface area contributed by atoms with Crippen molar-refractivity contribution in [2.45, 2.75) is 38.5 Å². The number of benzene rings is 1. The van der Waals surface area contributed by atoms with Crippen LogP contribution in [0.1, 0.15) is 31.9 Å². The number of hydrogen-bond acceptors (Lipinski definition) is 2. The fourth-order valence-corrected chi connectivity index (χ4v) is 3.83. The first-order valence-corrected chi connectivity index (χ1v) is 9.81. The molecule has 3 unspecified atom stereocenters. The monoisotopic (exact) mass is 388 g/mol. The summed E-state index contributed by atoms with van der Waals surface area (Å²) in [6.45, 7) is 4.37. The summed E-state index contributed by atoms with van der Waals surface area (Å²) in [4.78, 5) is 14.9. The van der Waals surface area contributed by atoms with Gasteiger partial charge in [-0.3, -0.25) is 4.79 Å². The molecule has 0 aromatic heterocycles. The first-order valence-electron chi connectivity index (χ1n) is 9.43. The Hall–Kier alpha value is -1.91. The highest BCUT2D eigenvalue weighted by Crippen LogP contribution is 2.38. The summed E-state index contributed by atoms with van der Waals surface area (Å²) >= 11 is 6.10. The van der Waals surface area contributed by atoms with Crippen LogP contribution in [0.4, 0.5) is 4.39 Å². The molecule has 1 amide bonds. The Morgan fingerprint density at radius 3 is 2.70 bits per heavy atom. The summed E-state index contributed by atoms with van der Waals surface area (Å²) in [7, 11) is 0. The lowest BCUT2D eigenvalue weighted by Crippen LogP contribution is -2.47. The number of allylic oxidation sites excluding steroid dienone is 4. The predicted octanol–water partition coefficient (Wildman–Crippen LogP) is 4.52. The second kappa shape index (κ2) is 8.41. The van der Waals surface area contributed by atoms with Crippen LogP contribution >= 0.6 is 11.6 Å². The SMILES string of the molecule is CC[C@H](C)[C@H](N)C(=O)N1CC(C2C=C(Cl)C=CC2F)=CC1c1ccccc1. The van der Waals surface area contributed by atoms with Crippen LogP contribution in [0.15, 0.2) is 65.2 Å². The van der Waals surface area contributed by atoms with Crippen molar-refractivity contribution in [3.63, 3.8) is 0 Å². The Kier molecular flexibility index (Phi) is 6.18. The van der Waals surface area contributed by atoms with Crippen molar-refractivity contribution in [2.75, 3.05) is 6.54 Å². The molecule has 3 rings (SSSR count). The normalized spacial score (nSPS) is 27.1. The minimum absolute atomic E-state index is 0.0823. The fraction of sp³-hybridized carbons (Fsp3) is 0.409. The molecule has 1 aromatic carbocycles. The van der Waals surface area contributed by atoms with Gasteiger partial charge in [-0.15, -0.1) is 0 Å². The topological polar surface area (TPSA) is 46.3 Å². The smallest absolute Gasteiger partial charge is 0.240 e. The zero-order valence-corrected chi connectivity index (χ0v) is 16.4. The molecule has 1 heterocycles. The van der Waals surface area contributed by atoms with Crippen LogP contribution in [0.25, 0.3) is 0 Å². The first kappa shape index (κ1) is 19.8. The fourth-order valence-electron chi connectivity index (χ4n) is 3.62. The summed E-state index contributed by atoms with van der Waals surface area (Å²) in [5, 5.41) is 0.521. The Morgan fingerprint density at radius 2 is 2.04 bits per heavy atom. The van der Waals surface area contributed by atoms with Crippen LogP contribution in [0.3, 0.4) is 0 Å². The Balaban J connectivity index is 1.92. The second-order valence-corrected chi connectivity index (χ2v) is 7.79. The van der Waals surface area contributed by atoms with Crippen molar-refractivity contribution in [1.82, 2.24) is 4.90 Å². The van der Waals surface area contributed by atoms with Crippen molar-refractivity contribution in [3.05, 3.63) is 70.8 Å². The maximum Gasteiger partial charge on any atom is 0.240 e. The van der Waals surface area contributed by atoms with Gasteiger partial charge in [0.05, 0.1) is 12.1 Å². The number of alkyl halides is 1. The molecule has 1 aliphatic heterocycles. The van der Waals surface area contributed by atoms with Crippen molar-refractivity contribution in [2.24, 2.45) is 17.6 Å². The van der Waals surface area contributed by atoms with Gasteiger partial charge in [-0.2, -0.15) is 0 Å². The number of rotatable bonds is 5. The third kappa shape index (κ3) is 4.17. The van der Waals surface area contributed by atoms with Gasteiger partial charge in [-0.05, 0) is 29.2 Å². The van der Waals surface area contributed by atoms with E-state index in [0.29, 0.717) is 11.6 Å². The minimum atomic E-state index is -1.14. The van der Waals surface area contributed by atoms with E-state index < -0.39 is 18.1 Å². The molecule has 144 valence electrons. The van der Waals surface area contributed by atoms with E-state index in [4.69, 9.17) is 17.3 Å². The molecule has 0 saturated carbocycles. The molecule has 2 aliphatic rings. The third-order valence-corrected chi connectivity index (χ3v) is 5.83. The van der Waals surface area contributed by atoms with Crippen molar-refractivity contribution >= 4 is 17.5 Å². The van der Waals surface area contributed by atoms with E-state index >= 15 is 0 Å². The molecule has 1 aromatic rings. The van der Waals surface area contributed by atoms with E-state index in [1.165, 1.54) is 6.08 Å². The van der Waals surface area contributed by atoms with Gasteiger partial charge in [0.2, 0.25) is 5.91 Å². The molecular formula is C22H26ClFN2O. The van der Waals surface area contributed by atoms with E-state index in [1.54, 1.807) is 17.1 Å². The number of carbonyl (C=O) groups is 1. The largest absolute Gasteiger partial charge is 0.327 e. The molecule has 2 N–H and O–H groups in total. The number of nitrogens with two attached hydrogens (primary N) is 1. The van der Waals surface area contributed by atoms with Crippen molar-refractivity contribution < 1.29 is 9.18 Å². The minimum Gasteiger partial charge on any atom is -0.327 e. The zero-order valence-electron chi connectivity index (χ0n) is 15.7. The van der Waals surface area contributed by atoms with E-state index in [-0.39, 0.29) is 17.9 Å². The standard InChI is InChI=1S/C22H26ClFN2O/c1-3-14(2)21(25)22(27)26-13-16(18-12-17(23)9-10-19(18)24)11-20(26)15-7-5-4-6-8-15/h4-12,14,18-21H,3,13,25H2,1-2H3/t14-,18?,19?,20?,21-/m0/s1. The van der Waals surface area contributed by atoms with Crippen molar-refractivity contribution in [3.8, 4) is 0 Å². The number of carbonyl (C=O) groups excluding carboxylic acids is 1. The van der Waals surface area contributed by atoms with Crippen molar-refractivity contribution in [1.29, 1.82) is 0 Å². The second-order valence-electron chi connectivity index (χ2n) is 7.36. The molecule has 3 nitrogen and oxygen atoms in total. The maximum absolute atomic E-state index is 14.5. The Labute approximate surface area is 165 Å². The molecule has 0 spiro atoms. The summed E-state index contributed by atoms with van der Waals surface area (Å²) in [6.07, 6.45) is 6.45. The van der Waals surface area contributed by atoms with Crippen LogP contribution in [-0.2, 0) is 4.79 Å². The number of hydrogen-bond donors (Lipinski definition) is 1. The van der Waals surface area contributed by atoms with Crippen LogP contribution in [0.5, 0.6) is 0 Å². The summed E-state index contributed by atoms with van der Waals surface area (Å²) < 4.78 is 14.5. The highest BCUT2D eigenvalue weighted by molar-refractivity contribution is 6.31. The molecule has 0 fully saturated rings.